The van der Waals surface area contributed by atoms with Crippen LogP contribution in [0.2, 0.25) is 5.15 Å². The molecule has 0 bridgehead atoms. The fourth-order valence-corrected chi connectivity index (χ4v) is 2.60. The molecule has 0 unspecified atom stereocenters. The number of aromatic nitrogens is 2. The van der Waals surface area contributed by atoms with Gasteiger partial charge in [0, 0.05) is 26.2 Å². The molecule has 1 fully saturated rings. The minimum absolute atomic E-state index is 0.145. The van der Waals surface area contributed by atoms with Crippen LogP contribution >= 0.6 is 23.4 Å². The topological polar surface area (TPSA) is 93.4 Å². The molecule has 1 aliphatic rings. The lowest BCUT2D eigenvalue weighted by Crippen LogP contribution is -2.39. The van der Waals surface area contributed by atoms with E-state index in [1.54, 1.807) is 6.26 Å². The fourth-order valence-electron chi connectivity index (χ4n) is 1.94. The van der Waals surface area contributed by atoms with E-state index in [0.29, 0.717) is 11.7 Å². The molecule has 10 heteroatoms. The molecule has 0 saturated carbocycles. The molecule has 116 valence electrons. The number of nitro groups is 1. The average Bonchev–Trinajstić information content (AvgIpc) is 2.47. The Labute approximate surface area is 131 Å². The van der Waals surface area contributed by atoms with E-state index in [4.69, 9.17) is 16.3 Å². The summed E-state index contributed by atoms with van der Waals surface area (Å²) < 4.78 is 5.27. The standard InChI is InChI=1S/C11H16ClN5O3S/c1-21-11-14-9(12)8(17(18)19)10(15-11)13-2-3-16-4-6-20-7-5-16/h2-7H2,1H3,(H,13,14,15). The third kappa shape index (κ3) is 4.40. The summed E-state index contributed by atoms with van der Waals surface area (Å²) in [6, 6.07) is 0. The van der Waals surface area contributed by atoms with Gasteiger partial charge in [-0.2, -0.15) is 4.98 Å². The minimum Gasteiger partial charge on any atom is -0.379 e. The van der Waals surface area contributed by atoms with E-state index in [9.17, 15) is 10.1 Å². The Bertz CT molecular complexity index is 513. The number of rotatable bonds is 6. The molecular formula is C11H16ClN5O3S. The van der Waals surface area contributed by atoms with Crippen LogP contribution in [0.15, 0.2) is 5.16 Å². The van der Waals surface area contributed by atoms with Crippen LogP contribution in [-0.2, 0) is 4.74 Å². The van der Waals surface area contributed by atoms with E-state index in [0.717, 1.165) is 32.8 Å². The second-order valence-electron chi connectivity index (χ2n) is 4.34. The number of hydrogen-bond acceptors (Lipinski definition) is 8. The Kier molecular flexibility index (Phi) is 5.97. The Hall–Kier alpha value is -1.16. The van der Waals surface area contributed by atoms with Gasteiger partial charge < -0.3 is 10.1 Å². The molecule has 0 radical (unpaired) electrons. The van der Waals surface area contributed by atoms with Crippen LogP contribution < -0.4 is 5.32 Å². The molecule has 1 aromatic rings. The predicted octanol–water partition coefficient (Wildman–Crippen LogP) is 1.50. The average molecular weight is 334 g/mol. The number of halogens is 1. The number of nitrogens with one attached hydrogen (secondary N) is 1. The number of thioether (sulfide) groups is 1. The fraction of sp³-hybridized carbons (Fsp3) is 0.636. The molecule has 1 aromatic heterocycles. The zero-order chi connectivity index (χ0) is 15.2. The van der Waals surface area contributed by atoms with E-state index in [1.165, 1.54) is 11.8 Å². The van der Waals surface area contributed by atoms with Crippen LogP contribution in [0.1, 0.15) is 0 Å². The summed E-state index contributed by atoms with van der Waals surface area (Å²) in [6.45, 7) is 4.47. The number of hydrogen-bond donors (Lipinski definition) is 1. The van der Waals surface area contributed by atoms with E-state index in [2.05, 4.69) is 20.2 Å². The zero-order valence-electron chi connectivity index (χ0n) is 11.5. The van der Waals surface area contributed by atoms with Crippen molar-refractivity contribution in [1.29, 1.82) is 0 Å². The highest BCUT2D eigenvalue weighted by atomic mass is 35.5. The maximum Gasteiger partial charge on any atom is 0.348 e. The quantitative estimate of drug-likeness (QED) is 0.275. The first-order chi connectivity index (χ1) is 10.1. The Balaban J connectivity index is 2.03. The smallest absolute Gasteiger partial charge is 0.348 e. The molecule has 0 aliphatic carbocycles. The van der Waals surface area contributed by atoms with Crippen molar-refractivity contribution in [2.45, 2.75) is 5.16 Å². The summed E-state index contributed by atoms with van der Waals surface area (Å²) in [6.07, 6.45) is 1.79. The molecule has 1 N–H and O–H groups in total. The Morgan fingerprint density at radius 2 is 2.19 bits per heavy atom. The van der Waals surface area contributed by atoms with Crippen molar-refractivity contribution in [2.75, 3.05) is 51.0 Å². The molecule has 0 aromatic carbocycles. The van der Waals surface area contributed by atoms with E-state index >= 15 is 0 Å². The summed E-state index contributed by atoms with van der Waals surface area (Å²) in [5, 5.41) is 14.3. The minimum atomic E-state index is -0.566. The Morgan fingerprint density at radius 3 is 2.81 bits per heavy atom. The van der Waals surface area contributed by atoms with Crippen LogP contribution in [0.25, 0.3) is 0 Å². The van der Waals surface area contributed by atoms with Crippen LogP contribution in [0.3, 0.4) is 0 Å². The Morgan fingerprint density at radius 1 is 1.48 bits per heavy atom. The first kappa shape index (κ1) is 16.2. The largest absolute Gasteiger partial charge is 0.379 e. The third-order valence-electron chi connectivity index (χ3n) is 3.01. The van der Waals surface area contributed by atoms with E-state index < -0.39 is 4.92 Å². The number of anilines is 1. The molecule has 0 spiro atoms. The van der Waals surface area contributed by atoms with Crippen LogP contribution in [0, 0.1) is 10.1 Å². The van der Waals surface area contributed by atoms with E-state index in [1.807, 2.05) is 0 Å². The molecule has 8 nitrogen and oxygen atoms in total. The highest BCUT2D eigenvalue weighted by Crippen LogP contribution is 2.31. The number of ether oxygens (including phenoxy) is 1. The molecule has 1 aliphatic heterocycles. The van der Waals surface area contributed by atoms with Gasteiger partial charge >= 0.3 is 5.69 Å². The van der Waals surface area contributed by atoms with Crippen LogP contribution in [-0.4, -0.2) is 65.4 Å². The van der Waals surface area contributed by atoms with Crippen LogP contribution in [0.5, 0.6) is 0 Å². The van der Waals surface area contributed by atoms with Crippen molar-refractivity contribution < 1.29 is 9.66 Å². The van der Waals surface area contributed by atoms with Gasteiger partial charge in [-0.1, -0.05) is 23.4 Å². The maximum atomic E-state index is 11.1. The summed E-state index contributed by atoms with van der Waals surface area (Å²) in [4.78, 5) is 20.7. The highest BCUT2D eigenvalue weighted by molar-refractivity contribution is 7.98. The SMILES string of the molecule is CSc1nc(Cl)c([N+](=O)[O-])c(NCCN2CCOCC2)n1. The van der Waals surface area contributed by atoms with E-state index in [-0.39, 0.29) is 16.7 Å². The molecule has 1 saturated heterocycles. The van der Waals surface area contributed by atoms with Gasteiger partial charge in [-0.3, -0.25) is 15.0 Å². The first-order valence-corrected chi connectivity index (χ1v) is 8.02. The molecule has 21 heavy (non-hydrogen) atoms. The van der Waals surface area contributed by atoms with Crippen molar-refractivity contribution in [1.82, 2.24) is 14.9 Å². The van der Waals surface area contributed by atoms with Crippen molar-refractivity contribution in [3.8, 4) is 0 Å². The van der Waals surface area contributed by atoms with Gasteiger partial charge in [-0.25, -0.2) is 4.98 Å². The van der Waals surface area contributed by atoms with Gasteiger partial charge in [-0.15, -0.1) is 0 Å². The van der Waals surface area contributed by atoms with Crippen molar-refractivity contribution in [2.24, 2.45) is 0 Å². The van der Waals surface area contributed by atoms with Gasteiger partial charge in [0.15, 0.2) is 5.16 Å². The summed E-state index contributed by atoms with van der Waals surface area (Å²) in [7, 11) is 0. The normalized spacial score (nSPS) is 15.9. The van der Waals surface area contributed by atoms with Crippen molar-refractivity contribution in [3.63, 3.8) is 0 Å². The second-order valence-corrected chi connectivity index (χ2v) is 5.47. The summed E-state index contributed by atoms with van der Waals surface area (Å²) in [5.41, 5.74) is -0.281. The molecular weight excluding hydrogens is 318 g/mol. The lowest BCUT2D eigenvalue weighted by molar-refractivity contribution is -0.384. The van der Waals surface area contributed by atoms with Gasteiger partial charge in [-0.05, 0) is 6.26 Å². The van der Waals surface area contributed by atoms with Gasteiger partial charge in [0.2, 0.25) is 11.0 Å². The lowest BCUT2D eigenvalue weighted by Gasteiger charge is -2.26. The molecule has 0 atom stereocenters. The highest BCUT2D eigenvalue weighted by Gasteiger charge is 2.23. The van der Waals surface area contributed by atoms with Gasteiger partial charge in [0.05, 0.1) is 18.1 Å². The van der Waals surface area contributed by atoms with Gasteiger partial charge in [0.25, 0.3) is 0 Å². The summed E-state index contributed by atoms with van der Waals surface area (Å²) in [5.74, 6) is 0.164. The lowest BCUT2D eigenvalue weighted by atomic mass is 10.4. The zero-order valence-corrected chi connectivity index (χ0v) is 13.1. The number of morpholine rings is 1. The molecule has 2 rings (SSSR count). The van der Waals surface area contributed by atoms with Gasteiger partial charge in [0.1, 0.15) is 0 Å². The maximum absolute atomic E-state index is 11.1. The molecule has 2 heterocycles. The van der Waals surface area contributed by atoms with Crippen molar-refractivity contribution >= 4 is 34.9 Å². The second kappa shape index (κ2) is 7.74. The third-order valence-corrected chi connectivity index (χ3v) is 3.82. The number of nitrogens with zero attached hydrogens (tertiary/aromatic N) is 4. The van der Waals surface area contributed by atoms with Crippen LogP contribution in [0.4, 0.5) is 11.5 Å². The first-order valence-electron chi connectivity index (χ1n) is 6.41. The molecule has 0 amide bonds. The summed E-state index contributed by atoms with van der Waals surface area (Å²) >= 11 is 7.15. The monoisotopic (exact) mass is 333 g/mol. The van der Waals surface area contributed by atoms with Crippen molar-refractivity contribution in [3.05, 3.63) is 15.3 Å². The predicted molar refractivity (Wildman–Crippen MR) is 81.2 cm³/mol.